The van der Waals surface area contributed by atoms with Crippen LogP contribution < -0.4 is 0 Å². The van der Waals surface area contributed by atoms with E-state index >= 15 is 0 Å². The van der Waals surface area contributed by atoms with Crippen molar-refractivity contribution in [1.29, 1.82) is 0 Å². The molecule has 0 unspecified atom stereocenters. The molecule has 1 aromatic carbocycles. The molecule has 0 fully saturated rings. The van der Waals surface area contributed by atoms with Crippen molar-refractivity contribution in [1.82, 2.24) is 4.98 Å². The van der Waals surface area contributed by atoms with Crippen LogP contribution in [0.25, 0.3) is 11.1 Å². The van der Waals surface area contributed by atoms with Crippen LogP contribution in [0, 0.1) is 12.7 Å². The van der Waals surface area contributed by atoms with E-state index in [1.807, 2.05) is 19.1 Å². The van der Waals surface area contributed by atoms with Crippen molar-refractivity contribution >= 4 is 6.29 Å². The summed E-state index contributed by atoms with van der Waals surface area (Å²) < 4.78 is 13.0. The lowest BCUT2D eigenvalue weighted by molar-refractivity contribution is 0.112. The topological polar surface area (TPSA) is 30.0 Å². The van der Waals surface area contributed by atoms with Crippen LogP contribution in [0.15, 0.2) is 36.7 Å². The van der Waals surface area contributed by atoms with Crippen molar-refractivity contribution in [3.05, 3.63) is 53.6 Å². The average molecular weight is 215 g/mol. The van der Waals surface area contributed by atoms with E-state index in [1.165, 1.54) is 6.07 Å². The van der Waals surface area contributed by atoms with E-state index in [2.05, 4.69) is 4.98 Å². The van der Waals surface area contributed by atoms with Gasteiger partial charge in [-0.2, -0.15) is 0 Å². The lowest BCUT2D eigenvalue weighted by Crippen LogP contribution is -1.89. The summed E-state index contributed by atoms with van der Waals surface area (Å²) >= 11 is 0. The number of hydrogen-bond donors (Lipinski definition) is 0. The molecule has 0 N–H and O–H groups in total. The lowest BCUT2D eigenvalue weighted by atomic mass is 10.0. The van der Waals surface area contributed by atoms with Gasteiger partial charge in [0.2, 0.25) is 0 Å². The summed E-state index contributed by atoms with van der Waals surface area (Å²) in [5.41, 5.74) is 2.98. The number of aryl methyl sites for hydroxylation is 1. The summed E-state index contributed by atoms with van der Waals surface area (Å²) in [4.78, 5) is 14.6. The molecular weight excluding hydrogens is 205 g/mol. The molecule has 0 aliphatic rings. The largest absolute Gasteiger partial charge is 0.298 e. The predicted molar refractivity (Wildman–Crippen MR) is 59.8 cm³/mol. The summed E-state index contributed by atoms with van der Waals surface area (Å²) in [6.45, 7) is 1.86. The molecular formula is C13H10FNO. The molecule has 1 aromatic heterocycles. The van der Waals surface area contributed by atoms with Gasteiger partial charge in [-0.3, -0.25) is 9.78 Å². The van der Waals surface area contributed by atoms with Crippen molar-refractivity contribution in [3.8, 4) is 11.1 Å². The smallest absolute Gasteiger partial charge is 0.150 e. The first-order valence-electron chi connectivity index (χ1n) is 4.87. The van der Waals surface area contributed by atoms with Crippen molar-refractivity contribution in [2.24, 2.45) is 0 Å². The highest BCUT2D eigenvalue weighted by Gasteiger charge is 2.03. The first kappa shape index (κ1) is 10.5. The van der Waals surface area contributed by atoms with Gasteiger partial charge in [0.15, 0.2) is 0 Å². The van der Waals surface area contributed by atoms with Crippen LogP contribution in [-0.4, -0.2) is 11.3 Å². The fraction of sp³-hybridized carbons (Fsp3) is 0.0769. The van der Waals surface area contributed by atoms with Gasteiger partial charge in [0.05, 0.1) is 6.20 Å². The van der Waals surface area contributed by atoms with Gasteiger partial charge in [0.25, 0.3) is 0 Å². The van der Waals surface area contributed by atoms with E-state index in [0.717, 1.165) is 23.6 Å². The van der Waals surface area contributed by atoms with Crippen LogP contribution in [0.3, 0.4) is 0 Å². The zero-order chi connectivity index (χ0) is 11.5. The molecule has 1 heterocycles. The van der Waals surface area contributed by atoms with Crippen LogP contribution in [0.5, 0.6) is 0 Å². The highest BCUT2D eigenvalue weighted by atomic mass is 19.1. The molecule has 0 radical (unpaired) electrons. The highest BCUT2D eigenvalue weighted by molar-refractivity contribution is 5.80. The van der Waals surface area contributed by atoms with E-state index in [-0.39, 0.29) is 5.82 Å². The molecule has 2 nitrogen and oxygen atoms in total. The molecule has 2 rings (SSSR count). The maximum atomic E-state index is 13.0. The molecule has 0 aliphatic heterocycles. The molecule has 3 heteroatoms. The number of aromatic nitrogens is 1. The maximum absolute atomic E-state index is 13.0. The molecule has 0 atom stereocenters. The monoisotopic (exact) mass is 215 g/mol. The molecule has 2 aromatic rings. The van der Waals surface area contributed by atoms with E-state index in [9.17, 15) is 9.18 Å². The molecule has 0 saturated carbocycles. The molecule has 0 saturated heterocycles. The van der Waals surface area contributed by atoms with Gasteiger partial charge in [-0.1, -0.05) is 12.1 Å². The zero-order valence-electron chi connectivity index (χ0n) is 8.77. The molecule has 0 bridgehead atoms. The Kier molecular flexibility index (Phi) is 2.77. The van der Waals surface area contributed by atoms with Gasteiger partial charge in [-0.15, -0.1) is 0 Å². The fourth-order valence-corrected chi connectivity index (χ4v) is 1.52. The highest BCUT2D eigenvalue weighted by Crippen LogP contribution is 2.21. The third kappa shape index (κ3) is 1.98. The van der Waals surface area contributed by atoms with Crippen LogP contribution in [-0.2, 0) is 0 Å². The van der Waals surface area contributed by atoms with Gasteiger partial charge < -0.3 is 0 Å². The van der Waals surface area contributed by atoms with Gasteiger partial charge in [0, 0.05) is 17.3 Å². The van der Waals surface area contributed by atoms with Crippen molar-refractivity contribution < 1.29 is 9.18 Å². The number of carbonyl (C=O) groups excluding carboxylic acids is 1. The van der Waals surface area contributed by atoms with Crippen LogP contribution >= 0.6 is 0 Å². The summed E-state index contributed by atoms with van der Waals surface area (Å²) in [5, 5.41) is 0. The molecule has 16 heavy (non-hydrogen) atoms. The number of benzene rings is 1. The second kappa shape index (κ2) is 4.23. The molecule has 0 spiro atoms. The Morgan fingerprint density at radius 1 is 1.19 bits per heavy atom. The standard InChI is InChI=1S/C13H10FNO/c1-9-2-3-10(4-12(9)8-16)11-5-13(14)7-15-6-11/h2-8H,1H3. The fourth-order valence-electron chi connectivity index (χ4n) is 1.52. The normalized spacial score (nSPS) is 10.1. The van der Waals surface area contributed by atoms with Gasteiger partial charge >= 0.3 is 0 Å². The molecule has 80 valence electrons. The Morgan fingerprint density at radius 2 is 2.00 bits per heavy atom. The van der Waals surface area contributed by atoms with Crippen LogP contribution in [0.1, 0.15) is 15.9 Å². The number of rotatable bonds is 2. The molecule has 0 amide bonds. The van der Waals surface area contributed by atoms with Crippen LogP contribution in [0.4, 0.5) is 4.39 Å². The SMILES string of the molecule is Cc1ccc(-c2cncc(F)c2)cc1C=O. The number of pyridine rings is 1. The Bertz CT molecular complexity index is 537. The van der Waals surface area contributed by atoms with E-state index in [1.54, 1.807) is 12.3 Å². The predicted octanol–water partition coefficient (Wildman–Crippen LogP) is 3.01. The zero-order valence-corrected chi connectivity index (χ0v) is 8.77. The third-order valence-corrected chi connectivity index (χ3v) is 2.44. The Hall–Kier alpha value is -2.03. The summed E-state index contributed by atoms with van der Waals surface area (Å²) in [6, 6.07) is 6.81. The average Bonchev–Trinajstić information content (AvgIpc) is 2.29. The van der Waals surface area contributed by atoms with E-state index < -0.39 is 0 Å². The Balaban J connectivity index is 2.52. The number of halogens is 1. The quantitative estimate of drug-likeness (QED) is 0.721. The van der Waals surface area contributed by atoms with Gasteiger partial charge in [0.1, 0.15) is 12.1 Å². The van der Waals surface area contributed by atoms with E-state index in [4.69, 9.17) is 0 Å². The van der Waals surface area contributed by atoms with Crippen molar-refractivity contribution in [2.75, 3.05) is 0 Å². The summed E-state index contributed by atoms with van der Waals surface area (Å²) in [6.07, 6.45) is 3.52. The van der Waals surface area contributed by atoms with Gasteiger partial charge in [-0.05, 0) is 30.2 Å². The lowest BCUT2D eigenvalue weighted by Gasteiger charge is -2.04. The minimum absolute atomic E-state index is 0.384. The van der Waals surface area contributed by atoms with E-state index in [0.29, 0.717) is 11.1 Å². The Labute approximate surface area is 92.8 Å². The third-order valence-electron chi connectivity index (χ3n) is 2.44. The van der Waals surface area contributed by atoms with Crippen LogP contribution in [0.2, 0.25) is 0 Å². The number of carbonyl (C=O) groups is 1. The Morgan fingerprint density at radius 3 is 2.69 bits per heavy atom. The van der Waals surface area contributed by atoms with Crippen molar-refractivity contribution in [3.63, 3.8) is 0 Å². The maximum Gasteiger partial charge on any atom is 0.150 e. The number of aldehydes is 1. The van der Waals surface area contributed by atoms with Crippen molar-refractivity contribution in [2.45, 2.75) is 6.92 Å². The summed E-state index contributed by atoms with van der Waals surface area (Å²) in [5.74, 6) is -0.384. The summed E-state index contributed by atoms with van der Waals surface area (Å²) in [7, 11) is 0. The minimum atomic E-state index is -0.384. The minimum Gasteiger partial charge on any atom is -0.298 e. The van der Waals surface area contributed by atoms with Gasteiger partial charge in [-0.25, -0.2) is 4.39 Å². The second-order valence-corrected chi connectivity index (χ2v) is 3.58. The second-order valence-electron chi connectivity index (χ2n) is 3.58. The first-order chi connectivity index (χ1) is 7.70. The molecule has 0 aliphatic carbocycles. The number of hydrogen-bond acceptors (Lipinski definition) is 2. The number of nitrogens with zero attached hydrogens (tertiary/aromatic N) is 1. The first-order valence-corrected chi connectivity index (χ1v) is 4.87.